The highest BCUT2D eigenvalue weighted by Crippen LogP contribution is 2.52. The number of benzene rings is 3. The summed E-state index contributed by atoms with van der Waals surface area (Å²) in [5.74, 6) is 0.933. The van der Waals surface area contributed by atoms with Crippen molar-refractivity contribution in [2.75, 3.05) is 25.7 Å². The number of hydrogen-bond donors (Lipinski definition) is 1. The van der Waals surface area contributed by atoms with Crippen LogP contribution in [-0.2, 0) is 30.1 Å². The Hall–Kier alpha value is -4.03. The van der Waals surface area contributed by atoms with Gasteiger partial charge in [0.1, 0.15) is 11.9 Å². The lowest BCUT2D eigenvalue weighted by Gasteiger charge is -2.56. The molecule has 6 heteroatoms. The first-order valence-electron chi connectivity index (χ1n) is 13.6. The molecule has 6 rings (SSSR count). The number of ether oxygens (including phenoxy) is 1. The highest BCUT2D eigenvalue weighted by atomic mass is 16.5. The molecule has 2 aliphatic rings. The summed E-state index contributed by atoms with van der Waals surface area (Å²) in [6.07, 6.45) is 3.83. The quantitative estimate of drug-likeness (QED) is 0.280. The van der Waals surface area contributed by atoms with Gasteiger partial charge in [0.15, 0.2) is 0 Å². The first-order chi connectivity index (χ1) is 19.0. The average molecular weight is 521 g/mol. The predicted octanol–water partition coefficient (Wildman–Crippen LogP) is 5.23. The van der Waals surface area contributed by atoms with Crippen LogP contribution in [0.15, 0.2) is 91.5 Å². The largest absolute Gasteiger partial charge is 0.497 e. The van der Waals surface area contributed by atoms with Crippen LogP contribution in [0.1, 0.15) is 23.2 Å². The third-order valence-electron chi connectivity index (χ3n) is 9.05. The fourth-order valence-corrected chi connectivity index (χ4v) is 7.03. The van der Waals surface area contributed by atoms with Crippen molar-refractivity contribution >= 4 is 22.5 Å². The van der Waals surface area contributed by atoms with E-state index in [0.717, 1.165) is 30.7 Å². The molecule has 6 nitrogen and oxygen atoms in total. The van der Waals surface area contributed by atoms with Crippen molar-refractivity contribution in [2.24, 2.45) is 13.0 Å². The number of aromatic nitrogens is 1. The second kappa shape index (κ2) is 9.93. The summed E-state index contributed by atoms with van der Waals surface area (Å²) < 4.78 is 8.06. The minimum absolute atomic E-state index is 0.0445. The number of carbonyl (C=O) groups excluding carboxylic acids is 1. The van der Waals surface area contributed by atoms with Crippen LogP contribution in [0.3, 0.4) is 0 Å². The Morgan fingerprint density at radius 3 is 2.64 bits per heavy atom. The average Bonchev–Trinajstić information content (AvgIpc) is 3.26. The second-order valence-corrected chi connectivity index (χ2v) is 10.8. The van der Waals surface area contributed by atoms with E-state index < -0.39 is 0 Å². The van der Waals surface area contributed by atoms with Crippen LogP contribution < -0.4 is 15.2 Å². The van der Waals surface area contributed by atoms with Gasteiger partial charge in [0.2, 0.25) is 5.91 Å². The van der Waals surface area contributed by atoms with Gasteiger partial charge in [-0.3, -0.25) is 4.79 Å². The van der Waals surface area contributed by atoms with E-state index in [9.17, 15) is 4.79 Å². The molecule has 0 bridgehead atoms. The molecule has 1 aromatic heterocycles. The summed E-state index contributed by atoms with van der Waals surface area (Å²) in [4.78, 5) is 15.3. The van der Waals surface area contributed by atoms with E-state index >= 15 is 0 Å². The molecule has 4 aromatic rings. The predicted molar refractivity (Wildman–Crippen MR) is 157 cm³/mol. The zero-order chi connectivity index (χ0) is 27.1. The van der Waals surface area contributed by atoms with Gasteiger partial charge >= 0.3 is 0 Å². The molecule has 39 heavy (non-hydrogen) atoms. The summed E-state index contributed by atoms with van der Waals surface area (Å²) in [7, 11) is 5.94. The monoisotopic (exact) mass is 520 g/mol. The minimum atomic E-state index is -0.229. The molecule has 3 aromatic carbocycles. The van der Waals surface area contributed by atoms with E-state index in [0.29, 0.717) is 6.54 Å². The molecule has 3 atom stereocenters. The van der Waals surface area contributed by atoms with E-state index in [1.807, 2.05) is 41.2 Å². The Balaban J connectivity index is 1.53. The third kappa shape index (κ3) is 4.10. The fourth-order valence-electron chi connectivity index (χ4n) is 7.03. The van der Waals surface area contributed by atoms with E-state index in [2.05, 4.69) is 78.2 Å². The van der Waals surface area contributed by atoms with Crippen molar-refractivity contribution in [1.82, 2.24) is 14.9 Å². The van der Waals surface area contributed by atoms with Crippen molar-refractivity contribution in [1.29, 1.82) is 0 Å². The van der Waals surface area contributed by atoms with Gasteiger partial charge < -0.3 is 19.2 Å². The molecule has 1 saturated heterocycles. The van der Waals surface area contributed by atoms with E-state index in [-0.39, 0.29) is 23.4 Å². The van der Waals surface area contributed by atoms with Gasteiger partial charge in [0, 0.05) is 48.6 Å². The lowest BCUT2D eigenvalue weighted by atomic mass is 9.57. The number of piperidine rings is 1. The number of carbonyl (C=O) groups is 1. The van der Waals surface area contributed by atoms with Gasteiger partial charge in [-0.15, -0.1) is 0 Å². The SMILES string of the molecule is C=CC(=O)N1CCC2(c3cccc(OC)c3)Cc3c(c4ccccc4n3C)CC2C1NN(C)c1ccccc1. The molecule has 0 saturated carbocycles. The number of hydrazine groups is 1. The topological polar surface area (TPSA) is 49.7 Å². The van der Waals surface area contributed by atoms with Crippen LogP contribution in [-0.4, -0.2) is 42.2 Å². The molecular weight excluding hydrogens is 484 g/mol. The fraction of sp³-hybridized carbons (Fsp3) is 0.303. The van der Waals surface area contributed by atoms with Crippen LogP contribution in [0.2, 0.25) is 0 Å². The summed E-state index contributed by atoms with van der Waals surface area (Å²) in [6, 6.07) is 27.5. The molecule has 0 spiro atoms. The van der Waals surface area contributed by atoms with Gasteiger partial charge in [-0.05, 0) is 66.8 Å². The number of rotatable bonds is 6. The van der Waals surface area contributed by atoms with Crippen molar-refractivity contribution in [3.63, 3.8) is 0 Å². The molecular formula is C33H36N4O2. The Labute approximate surface area is 230 Å². The Bertz CT molecular complexity index is 1530. The standard InChI is InChI=1S/C33H36N4O2/c1-5-31(38)37-19-18-33(23-12-11-15-25(20-23)39-4)22-30-27(26-16-9-10-17-29(26)35(30)2)21-28(33)32(37)34-36(3)24-13-7-6-8-14-24/h5-17,20,28,32,34H,1,18-19,21-22H2,2-4H3. The van der Waals surface area contributed by atoms with Gasteiger partial charge in [-0.1, -0.05) is 55.1 Å². The molecule has 1 amide bonds. The number of hydrogen-bond acceptors (Lipinski definition) is 4. The number of para-hydroxylation sites is 2. The molecule has 1 aliphatic carbocycles. The van der Waals surface area contributed by atoms with Crippen molar-refractivity contribution < 1.29 is 9.53 Å². The van der Waals surface area contributed by atoms with E-state index in [1.165, 1.54) is 33.8 Å². The van der Waals surface area contributed by atoms with Gasteiger partial charge in [-0.2, -0.15) is 0 Å². The smallest absolute Gasteiger partial charge is 0.247 e. The number of amides is 1. The molecule has 1 aliphatic heterocycles. The number of fused-ring (bicyclic) bond motifs is 4. The molecule has 2 heterocycles. The van der Waals surface area contributed by atoms with Crippen LogP contribution in [0.4, 0.5) is 5.69 Å². The molecule has 3 unspecified atom stereocenters. The highest BCUT2D eigenvalue weighted by molar-refractivity contribution is 5.88. The number of aryl methyl sites for hydroxylation is 1. The second-order valence-electron chi connectivity index (χ2n) is 10.8. The Kier molecular flexibility index (Phi) is 6.43. The summed E-state index contributed by atoms with van der Waals surface area (Å²) >= 11 is 0. The summed E-state index contributed by atoms with van der Waals surface area (Å²) in [5.41, 5.74) is 9.92. The maximum atomic E-state index is 13.3. The highest BCUT2D eigenvalue weighted by Gasteiger charge is 2.54. The van der Waals surface area contributed by atoms with Crippen LogP contribution in [0, 0.1) is 5.92 Å². The van der Waals surface area contributed by atoms with Crippen molar-refractivity contribution in [3.8, 4) is 5.75 Å². The summed E-state index contributed by atoms with van der Waals surface area (Å²) in [5, 5.41) is 3.35. The Morgan fingerprint density at radius 1 is 1.10 bits per heavy atom. The van der Waals surface area contributed by atoms with E-state index in [4.69, 9.17) is 4.74 Å². The summed E-state index contributed by atoms with van der Waals surface area (Å²) in [6.45, 7) is 4.47. The van der Waals surface area contributed by atoms with Crippen LogP contribution in [0.25, 0.3) is 10.9 Å². The zero-order valence-electron chi connectivity index (χ0n) is 22.9. The normalized spacial score (nSPS) is 22.2. The zero-order valence-corrected chi connectivity index (χ0v) is 22.9. The Morgan fingerprint density at radius 2 is 1.87 bits per heavy atom. The molecule has 200 valence electrons. The van der Waals surface area contributed by atoms with Crippen molar-refractivity contribution in [3.05, 3.63) is 108 Å². The first kappa shape index (κ1) is 25.3. The van der Waals surface area contributed by atoms with E-state index in [1.54, 1.807) is 7.11 Å². The van der Waals surface area contributed by atoms with Crippen LogP contribution in [0.5, 0.6) is 5.75 Å². The van der Waals surface area contributed by atoms with Gasteiger partial charge in [-0.25, -0.2) is 5.43 Å². The number of likely N-dealkylation sites (tertiary alicyclic amines) is 1. The van der Waals surface area contributed by atoms with Crippen molar-refractivity contribution in [2.45, 2.75) is 30.8 Å². The maximum absolute atomic E-state index is 13.3. The first-order valence-corrected chi connectivity index (χ1v) is 13.6. The molecule has 1 N–H and O–H groups in total. The lowest BCUT2D eigenvalue weighted by molar-refractivity contribution is -0.135. The maximum Gasteiger partial charge on any atom is 0.247 e. The van der Waals surface area contributed by atoms with Gasteiger partial charge in [0.05, 0.1) is 12.8 Å². The minimum Gasteiger partial charge on any atom is -0.497 e. The lowest BCUT2D eigenvalue weighted by Crippen LogP contribution is -2.67. The van der Waals surface area contributed by atoms with Gasteiger partial charge in [0.25, 0.3) is 0 Å². The number of anilines is 1. The number of nitrogens with one attached hydrogen (secondary N) is 1. The number of methoxy groups -OCH3 is 1. The molecule has 0 radical (unpaired) electrons. The third-order valence-corrected chi connectivity index (χ3v) is 9.05. The number of nitrogens with zero attached hydrogens (tertiary/aromatic N) is 3. The van der Waals surface area contributed by atoms with Crippen LogP contribution >= 0.6 is 0 Å². The molecule has 1 fully saturated rings.